The van der Waals surface area contributed by atoms with E-state index in [1.165, 1.54) is 0 Å². The first-order chi connectivity index (χ1) is 3.81. The predicted octanol–water partition coefficient (Wildman–Crippen LogP) is 0.136. The van der Waals surface area contributed by atoms with Crippen molar-refractivity contribution in [2.75, 3.05) is 6.61 Å². The SMILES string of the molecule is CCOC(=O)CC=O.[Ru]. The molecule has 0 radical (unpaired) electrons. The van der Waals surface area contributed by atoms with Gasteiger partial charge in [0.25, 0.3) is 0 Å². The first-order valence-corrected chi connectivity index (χ1v) is 2.40. The monoisotopic (exact) mass is 218 g/mol. The number of ether oxygens (including phenoxy) is 1. The molecule has 0 atom stereocenters. The van der Waals surface area contributed by atoms with Crippen molar-refractivity contribution in [3.05, 3.63) is 0 Å². The van der Waals surface area contributed by atoms with Gasteiger partial charge in [0.15, 0.2) is 0 Å². The molecule has 0 rings (SSSR count). The summed E-state index contributed by atoms with van der Waals surface area (Å²) < 4.78 is 4.41. The van der Waals surface area contributed by atoms with Gasteiger partial charge >= 0.3 is 5.97 Å². The Hall–Kier alpha value is -0.237. The van der Waals surface area contributed by atoms with E-state index in [-0.39, 0.29) is 25.9 Å². The van der Waals surface area contributed by atoms with E-state index in [2.05, 4.69) is 4.74 Å². The van der Waals surface area contributed by atoms with Gasteiger partial charge in [-0.3, -0.25) is 4.79 Å². The van der Waals surface area contributed by atoms with Crippen molar-refractivity contribution in [3.63, 3.8) is 0 Å². The Labute approximate surface area is 66.5 Å². The summed E-state index contributed by atoms with van der Waals surface area (Å²) in [7, 11) is 0. The average Bonchev–Trinajstić information content (AvgIpc) is 1.68. The van der Waals surface area contributed by atoms with Crippen LogP contribution in [0, 0.1) is 0 Å². The molecular formula is C5H8O3Ru. The smallest absolute Gasteiger partial charge is 0.312 e. The van der Waals surface area contributed by atoms with Gasteiger partial charge in [-0.1, -0.05) is 0 Å². The molecule has 0 N–H and O–H groups in total. The molecule has 0 unspecified atom stereocenters. The third kappa shape index (κ3) is 7.76. The minimum absolute atomic E-state index is 0. The van der Waals surface area contributed by atoms with Crippen LogP contribution in [0.15, 0.2) is 0 Å². The number of hydrogen-bond acceptors (Lipinski definition) is 3. The van der Waals surface area contributed by atoms with E-state index in [4.69, 9.17) is 0 Å². The van der Waals surface area contributed by atoms with E-state index in [0.29, 0.717) is 12.9 Å². The molecular weight excluding hydrogens is 209 g/mol. The Morgan fingerprint density at radius 1 is 1.67 bits per heavy atom. The maximum atomic E-state index is 10.2. The summed E-state index contributed by atoms with van der Waals surface area (Å²) in [6.07, 6.45) is 0.395. The van der Waals surface area contributed by atoms with Gasteiger partial charge in [-0.25, -0.2) is 0 Å². The van der Waals surface area contributed by atoms with Crippen molar-refractivity contribution in [2.24, 2.45) is 0 Å². The molecule has 0 spiro atoms. The van der Waals surface area contributed by atoms with Crippen LogP contribution in [-0.2, 0) is 33.8 Å². The van der Waals surface area contributed by atoms with E-state index in [9.17, 15) is 9.59 Å². The molecule has 0 aromatic carbocycles. The first kappa shape index (κ1) is 11.5. The molecule has 54 valence electrons. The fourth-order valence-electron chi connectivity index (χ4n) is 0.288. The Morgan fingerprint density at radius 3 is 2.56 bits per heavy atom. The third-order valence-corrected chi connectivity index (χ3v) is 0.555. The van der Waals surface area contributed by atoms with Crippen LogP contribution >= 0.6 is 0 Å². The zero-order valence-corrected chi connectivity index (χ0v) is 6.81. The third-order valence-electron chi connectivity index (χ3n) is 0.555. The topological polar surface area (TPSA) is 43.4 Å². The predicted molar refractivity (Wildman–Crippen MR) is 27.3 cm³/mol. The zero-order chi connectivity index (χ0) is 6.41. The Morgan fingerprint density at radius 2 is 2.22 bits per heavy atom. The molecule has 4 heteroatoms. The summed E-state index contributed by atoms with van der Waals surface area (Å²) in [6, 6.07) is 0. The summed E-state index contributed by atoms with van der Waals surface area (Å²) in [5.41, 5.74) is 0. The van der Waals surface area contributed by atoms with Gasteiger partial charge < -0.3 is 9.53 Å². The van der Waals surface area contributed by atoms with Crippen LogP contribution in [0.3, 0.4) is 0 Å². The van der Waals surface area contributed by atoms with Gasteiger partial charge in [-0.2, -0.15) is 0 Å². The van der Waals surface area contributed by atoms with Crippen molar-refractivity contribution in [1.29, 1.82) is 0 Å². The van der Waals surface area contributed by atoms with Crippen molar-refractivity contribution in [2.45, 2.75) is 13.3 Å². The number of carbonyl (C=O) groups excluding carboxylic acids is 2. The summed E-state index contributed by atoms with van der Waals surface area (Å²) in [5, 5.41) is 0. The fraction of sp³-hybridized carbons (Fsp3) is 0.600. The van der Waals surface area contributed by atoms with Crippen LogP contribution in [0.2, 0.25) is 0 Å². The molecule has 0 heterocycles. The van der Waals surface area contributed by atoms with Gasteiger partial charge in [0.2, 0.25) is 0 Å². The first-order valence-electron chi connectivity index (χ1n) is 2.40. The van der Waals surface area contributed by atoms with E-state index >= 15 is 0 Å². The normalized spacial score (nSPS) is 7.22. The van der Waals surface area contributed by atoms with Crippen molar-refractivity contribution < 1.29 is 33.8 Å². The minimum atomic E-state index is -0.456. The molecule has 0 aromatic rings. The van der Waals surface area contributed by atoms with Crippen molar-refractivity contribution >= 4 is 12.3 Å². The maximum Gasteiger partial charge on any atom is 0.312 e. The molecule has 0 bridgehead atoms. The van der Waals surface area contributed by atoms with Crippen LogP contribution in [0.25, 0.3) is 0 Å². The van der Waals surface area contributed by atoms with Crippen LogP contribution < -0.4 is 0 Å². The Balaban J connectivity index is 0. The van der Waals surface area contributed by atoms with Crippen LogP contribution in [-0.4, -0.2) is 18.9 Å². The number of hydrogen-bond donors (Lipinski definition) is 0. The van der Waals surface area contributed by atoms with Crippen molar-refractivity contribution in [3.8, 4) is 0 Å². The quantitative estimate of drug-likeness (QED) is 0.292. The van der Waals surface area contributed by atoms with Crippen LogP contribution in [0.5, 0.6) is 0 Å². The molecule has 0 saturated heterocycles. The van der Waals surface area contributed by atoms with Gasteiger partial charge in [-0.15, -0.1) is 0 Å². The van der Waals surface area contributed by atoms with E-state index in [1.54, 1.807) is 6.92 Å². The molecule has 0 aliphatic carbocycles. The van der Waals surface area contributed by atoms with E-state index < -0.39 is 5.97 Å². The number of rotatable bonds is 3. The van der Waals surface area contributed by atoms with Gasteiger partial charge in [0.05, 0.1) is 6.61 Å². The van der Waals surface area contributed by atoms with Gasteiger partial charge in [0, 0.05) is 19.5 Å². The fourth-order valence-corrected chi connectivity index (χ4v) is 0.288. The van der Waals surface area contributed by atoms with E-state index in [1.807, 2.05) is 0 Å². The summed E-state index contributed by atoms with van der Waals surface area (Å²) in [4.78, 5) is 19.8. The van der Waals surface area contributed by atoms with Crippen LogP contribution in [0.1, 0.15) is 13.3 Å². The number of aldehydes is 1. The Kier molecular flexibility index (Phi) is 9.96. The minimum Gasteiger partial charge on any atom is -0.466 e. The molecule has 3 nitrogen and oxygen atoms in total. The second-order valence-corrected chi connectivity index (χ2v) is 1.18. The second-order valence-electron chi connectivity index (χ2n) is 1.18. The largest absolute Gasteiger partial charge is 0.466 e. The van der Waals surface area contributed by atoms with Crippen LogP contribution in [0.4, 0.5) is 0 Å². The zero-order valence-electron chi connectivity index (χ0n) is 5.07. The Bertz CT molecular complexity index is 92.2. The second kappa shape index (κ2) is 7.76. The van der Waals surface area contributed by atoms with Crippen molar-refractivity contribution in [1.82, 2.24) is 0 Å². The van der Waals surface area contributed by atoms with Gasteiger partial charge in [-0.05, 0) is 6.92 Å². The molecule has 9 heavy (non-hydrogen) atoms. The summed E-state index contributed by atoms with van der Waals surface area (Å²) in [5.74, 6) is -0.456. The molecule has 0 aromatic heterocycles. The molecule has 0 fully saturated rings. The molecule has 0 amide bonds. The number of carbonyl (C=O) groups is 2. The van der Waals surface area contributed by atoms with Gasteiger partial charge in [0.1, 0.15) is 12.7 Å². The van der Waals surface area contributed by atoms with E-state index in [0.717, 1.165) is 0 Å². The average molecular weight is 217 g/mol. The molecule has 0 saturated carbocycles. The number of esters is 1. The molecule has 0 aliphatic heterocycles. The summed E-state index contributed by atoms with van der Waals surface area (Å²) >= 11 is 0. The maximum absolute atomic E-state index is 10.2. The summed E-state index contributed by atoms with van der Waals surface area (Å²) in [6.45, 7) is 2.04. The standard InChI is InChI=1S/C5H8O3.Ru/c1-2-8-5(7)3-4-6;/h4H,2-3H2,1H3;. The molecule has 0 aliphatic rings.